The molecule has 0 aliphatic rings. The number of benzene rings is 12. The minimum Gasteiger partial charge on any atom is -0.454 e. The van der Waals surface area contributed by atoms with Crippen LogP contribution in [0.4, 0.5) is 34.1 Å². The van der Waals surface area contributed by atoms with Crippen LogP contribution in [0, 0.1) is 0 Å². The van der Waals surface area contributed by atoms with Gasteiger partial charge < -0.3 is 14.2 Å². The van der Waals surface area contributed by atoms with Gasteiger partial charge in [-0.15, -0.1) is 22.7 Å². The molecule has 73 heavy (non-hydrogen) atoms. The molecule has 3 heterocycles. The van der Waals surface area contributed by atoms with Crippen LogP contribution in [-0.2, 0) is 0 Å². The summed E-state index contributed by atoms with van der Waals surface area (Å²) < 4.78 is 11.9. The molecule has 0 N–H and O–H groups in total. The Morgan fingerprint density at radius 3 is 1.70 bits per heavy atom. The largest absolute Gasteiger partial charge is 0.454 e. The molecule has 0 radical (unpaired) electrons. The van der Waals surface area contributed by atoms with E-state index in [1.807, 2.05) is 28.7 Å². The normalized spacial score (nSPS) is 11.8. The Labute approximate surface area is 429 Å². The molecular weight excluding hydrogens is 925 g/mol. The van der Waals surface area contributed by atoms with E-state index in [1.165, 1.54) is 84.1 Å². The Kier molecular flexibility index (Phi) is 9.62. The van der Waals surface area contributed by atoms with E-state index in [-0.39, 0.29) is 0 Å². The minimum atomic E-state index is 0.848. The van der Waals surface area contributed by atoms with E-state index in [9.17, 15) is 0 Å². The molecule has 342 valence electrons. The number of fused-ring (bicyclic) bond motifs is 12. The lowest BCUT2D eigenvalue weighted by atomic mass is 9.91. The second-order valence-electron chi connectivity index (χ2n) is 18.8. The van der Waals surface area contributed by atoms with Crippen LogP contribution in [0.5, 0.6) is 0 Å². The van der Waals surface area contributed by atoms with Gasteiger partial charge in [0.05, 0.1) is 5.69 Å². The van der Waals surface area contributed by atoms with Gasteiger partial charge in [-0.25, -0.2) is 0 Å². The molecule has 3 nitrogen and oxygen atoms in total. The summed E-state index contributed by atoms with van der Waals surface area (Å²) in [5.41, 5.74) is 12.9. The Balaban J connectivity index is 0.897. The van der Waals surface area contributed by atoms with Gasteiger partial charge in [0.25, 0.3) is 0 Å². The van der Waals surface area contributed by atoms with Crippen molar-refractivity contribution in [3.8, 4) is 22.3 Å². The molecule has 0 atom stereocenters. The first-order chi connectivity index (χ1) is 36.2. The number of para-hydroxylation sites is 3. The SMILES string of the molecule is c1ccc(-c2cc3cc(-c4ccc5sc6ccc(N(c7cccc(N(c8ccccc8)c8ccc9c(c8)sc8ccccc89)c7)c7cccc8c7oc7ccccc78)cc6c5c4)ccc3c3ccccc23)cc1. The predicted octanol–water partition coefficient (Wildman–Crippen LogP) is 20.9. The minimum absolute atomic E-state index is 0.848. The average molecular weight is 967 g/mol. The molecule has 15 rings (SSSR count). The summed E-state index contributed by atoms with van der Waals surface area (Å²) in [6.45, 7) is 0. The number of thiophene rings is 2. The fraction of sp³-hybridized carbons (Fsp3) is 0. The monoisotopic (exact) mass is 966 g/mol. The third-order valence-electron chi connectivity index (χ3n) is 14.6. The van der Waals surface area contributed by atoms with Crippen molar-refractivity contribution < 1.29 is 4.42 Å². The second-order valence-corrected chi connectivity index (χ2v) is 21.0. The molecule has 0 amide bonds. The zero-order valence-electron chi connectivity index (χ0n) is 39.4. The van der Waals surface area contributed by atoms with Crippen LogP contribution in [0.15, 0.2) is 259 Å². The lowest BCUT2D eigenvalue weighted by Crippen LogP contribution is -2.13. The maximum atomic E-state index is 6.83. The highest BCUT2D eigenvalue weighted by Gasteiger charge is 2.23. The summed E-state index contributed by atoms with van der Waals surface area (Å²) in [5.74, 6) is 0. The van der Waals surface area contributed by atoms with Crippen LogP contribution in [0.25, 0.3) is 106 Å². The van der Waals surface area contributed by atoms with Crippen molar-refractivity contribution in [2.75, 3.05) is 9.80 Å². The van der Waals surface area contributed by atoms with Crippen LogP contribution < -0.4 is 9.80 Å². The summed E-state index contributed by atoms with van der Waals surface area (Å²) >= 11 is 3.69. The van der Waals surface area contributed by atoms with Gasteiger partial charge in [-0.3, -0.25) is 0 Å². The number of hydrogen-bond donors (Lipinski definition) is 0. The molecular formula is C68H42N2OS2. The van der Waals surface area contributed by atoms with E-state index in [1.54, 1.807) is 0 Å². The Morgan fingerprint density at radius 1 is 0.274 bits per heavy atom. The smallest absolute Gasteiger partial charge is 0.159 e. The van der Waals surface area contributed by atoms with E-state index in [4.69, 9.17) is 4.42 Å². The van der Waals surface area contributed by atoms with Crippen LogP contribution in [0.3, 0.4) is 0 Å². The fourth-order valence-electron chi connectivity index (χ4n) is 11.2. The number of rotatable bonds is 8. The quantitative estimate of drug-likeness (QED) is 0.142. The van der Waals surface area contributed by atoms with Crippen molar-refractivity contribution >= 4 is 141 Å². The number of hydrogen-bond acceptors (Lipinski definition) is 5. The van der Waals surface area contributed by atoms with E-state index < -0.39 is 0 Å². The Bertz CT molecular complexity index is 4650. The first kappa shape index (κ1) is 41.8. The lowest BCUT2D eigenvalue weighted by Gasteiger charge is -2.29. The highest BCUT2D eigenvalue weighted by molar-refractivity contribution is 7.26. The lowest BCUT2D eigenvalue weighted by molar-refractivity contribution is 0.669. The van der Waals surface area contributed by atoms with E-state index >= 15 is 0 Å². The number of nitrogens with zero attached hydrogens (tertiary/aromatic N) is 2. The molecule has 0 fully saturated rings. The summed E-state index contributed by atoms with van der Waals surface area (Å²) in [7, 11) is 0. The van der Waals surface area contributed by atoms with E-state index in [0.29, 0.717) is 0 Å². The standard InChI is InChI=1S/C68H42N2OS2/c1-3-15-43(16-4-1)59-39-46-37-44(29-33-52(46)53-21-7-8-22-54(53)59)45-30-35-65-60(38-45)61-41-50(32-36-66(61)72-65)70(62-26-14-25-58-55-23-9-11-27-63(55)71-68(58)62)49-20-13-19-48(40-49)69(47-17-5-2-6-18-47)51-31-34-57-56-24-10-12-28-64(56)73-67(57)42-51/h1-42H. The van der Waals surface area contributed by atoms with Crippen molar-refractivity contribution in [2.45, 2.75) is 0 Å². The summed E-state index contributed by atoms with van der Waals surface area (Å²) in [5, 5.41) is 12.3. The second kappa shape index (κ2) is 16.8. The van der Waals surface area contributed by atoms with Gasteiger partial charge in [-0.2, -0.15) is 0 Å². The molecule has 0 unspecified atom stereocenters. The van der Waals surface area contributed by atoms with Crippen LogP contribution in [0.1, 0.15) is 0 Å². The summed E-state index contributed by atoms with van der Waals surface area (Å²) in [6, 6.07) is 93.0. The highest BCUT2D eigenvalue weighted by atomic mass is 32.1. The Hall–Kier alpha value is -9.00. The van der Waals surface area contributed by atoms with Gasteiger partial charge in [0.1, 0.15) is 5.58 Å². The van der Waals surface area contributed by atoms with Gasteiger partial charge in [-0.1, -0.05) is 152 Å². The first-order valence-electron chi connectivity index (χ1n) is 24.7. The number of furan rings is 1. The average Bonchev–Trinajstić information content (AvgIpc) is 4.15. The molecule has 0 bridgehead atoms. The molecule has 0 saturated heterocycles. The molecule has 0 saturated carbocycles. The van der Waals surface area contributed by atoms with Crippen LogP contribution in [0.2, 0.25) is 0 Å². The molecule has 5 heteroatoms. The van der Waals surface area contributed by atoms with Crippen LogP contribution >= 0.6 is 22.7 Å². The van der Waals surface area contributed by atoms with Crippen molar-refractivity contribution in [1.82, 2.24) is 0 Å². The maximum Gasteiger partial charge on any atom is 0.159 e. The molecule has 0 aliphatic carbocycles. The van der Waals surface area contributed by atoms with E-state index in [0.717, 1.165) is 56.1 Å². The molecule has 15 aromatic rings. The third-order valence-corrected chi connectivity index (χ3v) is 16.9. The highest BCUT2D eigenvalue weighted by Crippen LogP contribution is 2.48. The number of anilines is 6. The first-order valence-corrected chi connectivity index (χ1v) is 26.3. The van der Waals surface area contributed by atoms with Gasteiger partial charge >= 0.3 is 0 Å². The van der Waals surface area contributed by atoms with Crippen molar-refractivity contribution in [1.29, 1.82) is 0 Å². The maximum absolute atomic E-state index is 6.83. The van der Waals surface area contributed by atoms with Crippen LogP contribution in [-0.4, -0.2) is 0 Å². The van der Waals surface area contributed by atoms with Gasteiger partial charge in [0, 0.05) is 79.6 Å². The molecule has 12 aromatic carbocycles. The molecule has 3 aromatic heterocycles. The van der Waals surface area contributed by atoms with E-state index in [2.05, 4.69) is 259 Å². The zero-order chi connectivity index (χ0) is 48.0. The predicted molar refractivity (Wildman–Crippen MR) is 315 cm³/mol. The topological polar surface area (TPSA) is 19.6 Å². The van der Waals surface area contributed by atoms with Gasteiger partial charge in [0.2, 0.25) is 0 Å². The van der Waals surface area contributed by atoms with Gasteiger partial charge in [0.15, 0.2) is 5.58 Å². The summed E-state index contributed by atoms with van der Waals surface area (Å²) in [4.78, 5) is 4.76. The molecule has 0 aliphatic heterocycles. The summed E-state index contributed by atoms with van der Waals surface area (Å²) in [6.07, 6.45) is 0. The van der Waals surface area contributed by atoms with Crippen molar-refractivity contribution in [3.05, 3.63) is 255 Å². The van der Waals surface area contributed by atoms with Crippen molar-refractivity contribution in [3.63, 3.8) is 0 Å². The fourth-order valence-corrected chi connectivity index (χ4v) is 13.4. The van der Waals surface area contributed by atoms with Crippen molar-refractivity contribution in [2.24, 2.45) is 0 Å². The third kappa shape index (κ3) is 6.92. The molecule has 0 spiro atoms. The zero-order valence-corrected chi connectivity index (χ0v) is 41.0. The Morgan fingerprint density at radius 2 is 0.836 bits per heavy atom. The van der Waals surface area contributed by atoms with Gasteiger partial charge in [-0.05, 0) is 147 Å².